The first kappa shape index (κ1) is 53.3. The van der Waals surface area contributed by atoms with Crippen LogP contribution in [-0.2, 0) is 28.5 Å². The predicted molar refractivity (Wildman–Crippen MR) is 246 cm³/mol. The van der Waals surface area contributed by atoms with Crippen molar-refractivity contribution in [3.8, 4) is 0 Å². The molecule has 0 aromatic carbocycles. The molecule has 0 aromatic rings. The van der Waals surface area contributed by atoms with Crippen LogP contribution in [0.1, 0.15) is 86.0 Å². The molecule has 2 rings (SSSR count). The van der Waals surface area contributed by atoms with Gasteiger partial charge in [-0.2, -0.15) is 0 Å². The molecule has 7 N–H and O–H groups in total. The summed E-state index contributed by atoms with van der Waals surface area (Å²) in [4.78, 5) is 26.7. The molecule has 0 bridgehead atoms. The fourth-order valence-electron chi connectivity index (χ4n) is 6.87. The average molecular weight is 863 g/mol. The van der Waals surface area contributed by atoms with Crippen molar-refractivity contribution in [3.05, 3.63) is 120 Å². The van der Waals surface area contributed by atoms with Crippen LogP contribution < -0.4 is 11.1 Å². The fraction of sp³-hybridized carbons (Fsp3) is 0.531. The first-order chi connectivity index (χ1) is 29.5. The molecule has 13 heteroatoms. The number of esters is 1. The first-order valence-electron chi connectivity index (χ1n) is 21.6. The first-order valence-corrected chi connectivity index (χ1v) is 21.6. The van der Waals surface area contributed by atoms with Gasteiger partial charge in [-0.15, -0.1) is 0 Å². The number of unbranched alkanes of at least 4 members (excludes halogenated alkanes) is 2. The van der Waals surface area contributed by atoms with Crippen LogP contribution in [0.3, 0.4) is 0 Å². The highest BCUT2D eigenvalue weighted by molar-refractivity contribution is 5.94. The minimum atomic E-state index is -1.69. The number of carbonyl (C=O) groups is 2. The Morgan fingerprint density at radius 2 is 1.58 bits per heavy atom. The van der Waals surface area contributed by atoms with E-state index in [1.165, 1.54) is 0 Å². The van der Waals surface area contributed by atoms with Gasteiger partial charge in [0.15, 0.2) is 18.4 Å². The van der Waals surface area contributed by atoms with Crippen LogP contribution in [0.25, 0.3) is 0 Å². The van der Waals surface area contributed by atoms with Gasteiger partial charge in [-0.1, -0.05) is 112 Å². The van der Waals surface area contributed by atoms with Crippen LogP contribution in [0.4, 0.5) is 0 Å². The average Bonchev–Trinajstić information content (AvgIpc) is 3.60. The Morgan fingerprint density at radius 3 is 2.24 bits per heavy atom. The number of allylic oxidation sites excluding steroid dienone is 15. The van der Waals surface area contributed by atoms with Gasteiger partial charge < -0.3 is 50.2 Å². The standard InChI is InChI=1S/C49H74N4O9/c1-33(24-18-15-16-23-31-53(7)49(50)51)25-19-17-20-26-34(2)32-38(6)44(61-48-43(56)41(54)42(55)45(62-48)47(58)60-9)36(4)27-21-13-11-10-12-14-22-28-37(5)46(57)52-40-35(3)29-30-39(40)59-8/h10-15,18-19,21-22,25,27-28,32-34,36,41-45,48,54-56H,3,16-17,20,23-24,26,29-31H2,1-2,4-9H3,(H3,50,51)(H,52,57)/b12-10+,13-11+,18-15+,22-14+,25-19+,27-21+,37-28+,38-32+. The molecule has 1 aliphatic carbocycles. The monoisotopic (exact) mass is 863 g/mol. The molecule has 13 nitrogen and oxygen atoms in total. The third-order valence-electron chi connectivity index (χ3n) is 10.8. The van der Waals surface area contributed by atoms with E-state index in [9.17, 15) is 24.9 Å². The molecule has 1 fully saturated rings. The molecular weight excluding hydrogens is 789 g/mol. The van der Waals surface area contributed by atoms with E-state index in [4.69, 9.17) is 30.1 Å². The van der Waals surface area contributed by atoms with Gasteiger partial charge in [-0.3, -0.25) is 10.2 Å². The Balaban J connectivity index is 2.04. The molecule has 9 atom stereocenters. The molecule has 344 valence electrons. The normalized spacial score (nSPS) is 23.7. The molecule has 1 amide bonds. The second-order valence-corrected chi connectivity index (χ2v) is 16.2. The van der Waals surface area contributed by atoms with Gasteiger partial charge in [0, 0.05) is 31.5 Å². The van der Waals surface area contributed by atoms with Crippen LogP contribution in [0.15, 0.2) is 120 Å². The minimum absolute atomic E-state index is 0.0902. The molecule has 0 spiro atoms. The van der Waals surface area contributed by atoms with Crippen LogP contribution in [0.5, 0.6) is 0 Å². The Labute approximate surface area is 370 Å². The number of carbonyl (C=O) groups excluding carboxylic acids is 2. The van der Waals surface area contributed by atoms with Crippen molar-refractivity contribution < 1.29 is 43.9 Å². The Morgan fingerprint density at radius 1 is 0.919 bits per heavy atom. The number of nitrogens with zero attached hydrogens (tertiary/aromatic N) is 1. The van der Waals surface area contributed by atoms with Crippen molar-refractivity contribution in [1.29, 1.82) is 5.41 Å². The summed E-state index contributed by atoms with van der Waals surface area (Å²) in [6, 6.07) is 0. The number of nitrogens with two attached hydrogens (primary N) is 1. The second kappa shape index (κ2) is 28.7. The number of nitrogens with one attached hydrogen (secondary N) is 2. The van der Waals surface area contributed by atoms with Crippen molar-refractivity contribution in [3.63, 3.8) is 0 Å². The summed E-state index contributed by atoms with van der Waals surface area (Å²) in [6.45, 7) is 14.8. The lowest BCUT2D eigenvalue weighted by Crippen LogP contribution is -2.61. The Kier molecular flexibility index (Phi) is 24.7. The Bertz CT molecular complexity index is 1740. The van der Waals surface area contributed by atoms with Gasteiger partial charge in [0.1, 0.15) is 24.1 Å². The maximum Gasteiger partial charge on any atom is 0.337 e. The van der Waals surface area contributed by atoms with Gasteiger partial charge in [0.25, 0.3) is 5.91 Å². The van der Waals surface area contributed by atoms with E-state index >= 15 is 0 Å². The molecule has 9 unspecified atom stereocenters. The van der Waals surface area contributed by atoms with E-state index in [2.05, 4.69) is 56.1 Å². The van der Waals surface area contributed by atoms with E-state index in [1.54, 1.807) is 31.1 Å². The van der Waals surface area contributed by atoms with E-state index in [-0.39, 0.29) is 23.7 Å². The summed E-state index contributed by atoms with van der Waals surface area (Å²) in [7, 11) is 4.56. The topological polar surface area (TPSA) is 197 Å². The predicted octanol–water partition coefficient (Wildman–Crippen LogP) is 6.98. The summed E-state index contributed by atoms with van der Waals surface area (Å²) >= 11 is 0. The number of amides is 1. The van der Waals surface area contributed by atoms with E-state index in [0.29, 0.717) is 17.2 Å². The van der Waals surface area contributed by atoms with Gasteiger partial charge in [0.2, 0.25) is 0 Å². The third-order valence-corrected chi connectivity index (χ3v) is 10.8. The van der Waals surface area contributed by atoms with E-state index < -0.39 is 42.8 Å². The number of guanidine groups is 1. The fourth-order valence-corrected chi connectivity index (χ4v) is 6.87. The molecule has 1 aliphatic heterocycles. The smallest absolute Gasteiger partial charge is 0.337 e. The van der Waals surface area contributed by atoms with Crippen LogP contribution in [0, 0.1) is 23.2 Å². The lowest BCUT2D eigenvalue weighted by atomic mass is 9.92. The number of aliphatic hydroxyl groups excluding tert-OH is 3. The van der Waals surface area contributed by atoms with Gasteiger partial charge in [-0.05, 0) is 81.8 Å². The van der Waals surface area contributed by atoms with E-state index in [0.717, 1.165) is 81.9 Å². The van der Waals surface area contributed by atoms with Gasteiger partial charge >= 0.3 is 5.97 Å². The van der Waals surface area contributed by atoms with Crippen molar-refractivity contribution in [2.24, 2.45) is 23.5 Å². The molecule has 0 saturated carbocycles. The van der Waals surface area contributed by atoms with Gasteiger partial charge in [-0.25, -0.2) is 4.79 Å². The molecular formula is C49H74N4O9. The lowest BCUT2D eigenvalue weighted by Gasteiger charge is -2.41. The van der Waals surface area contributed by atoms with Crippen LogP contribution >= 0.6 is 0 Å². The SMILES string of the molecule is C=C1CCC(OC)=C1NC(=O)/C(C)=C/C=C/C=C/C=C/C=C/C(C)C(OC1OC(C(=O)OC)C(O)C(O)C1O)/C(C)=C/C(C)CCC/C=C/C(C)C/C=C/CCCN(C)C(=N)N. The summed E-state index contributed by atoms with van der Waals surface area (Å²) in [5.74, 6) is 0.129. The number of ether oxygens (including phenoxy) is 4. The number of rotatable bonds is 25. The second-order valence-electron chi connectivity index (χ2n) is 16.2. The molecule has 2 aliphatic rings. The largest absolute Gasteiger partial charge is 0.499 e. The molecule has 0 aromatic heterocycles. The maximum atomic E-state index is 12.6. The zero-order valence-electron chi connectivity index (χ0n) is 38.2. The molecule has 0 radical (unpaired) electrons. The molecule has 1 saturated heterocycles. The number of aliphatic hydroxyl groups is 3. The summed E-state index contributed by atoms with van der Waals surface area (Å²) in [5, 5.41) is 42.2. The third kappa shape index (κ3) is 18.7. The zero-order chi connectivity index (χ0) is 46.2. The van der Waals surface area contributed by atoms with Crippen molar-refractivity contribution in [1.82, 2.24) is 10.2 Å². The number of hydrogen-bond donors (Lipinski definition) is 6. The van der Waals surface area contributed by atoms with Gasteiger partial charge in [0.05, 0.1) is 26.0 Å². The van der Waals surface area contributed by atoms with Crippen LogP contribution in [-0.4, -0.2) is 103 Å². The Hall–Kier alpha value is -4.79. The quantitative estimate of drug-likeness (QED) is 0.0105. The number of methoxy groups -OCH3 is 2. The number of hydrogen-bond acceptors (Lipinski definition) is 10. The summed E-state index contributed by atoms with van der Waals surface area (Å²) in [6.07, 6.45) is 26.4. The summed E-state index contributed by atoms with van der Waals surface area (Å²) < 4.78 is 22.2. The van der Waals surface area contributed by atoms with Crippen molar-refractivity contribution >= 4 is 17.8 Å². The lowest BCUT2D eigenvalue weighted by molar-refractivity contribution is -0.303. The maximum absolute atomic E-state index is 12.6. The van der Waals surface area contributed by atoms with Crippen molar-refractivity contribution in [2.75, 3.05) is 27.8 Å². The van der Waals surface area contributed by atoms with Crippen LogP contribution in [0.2, 0.25) is 0 Å². The summed E-state index contributed by atoms with van der Waals surface area (Å²) in [5.41, 5.74) is 8.43. The highest BCUT2D eigenvalue weighted by Gasteiger charge is 2.48. The minimum Gasteiger partial charge on any atom is -0.499 e. The molecule has 62 heavy (non-hydrogen) atoms. The zero-order valence-corrected chi connectivity index (χ0v) is 38.2. The highest BCUT2D eigenvalue weighted by Crippen LogP contribution is 2.30. The van der Waals surface area contributed by atoms with Crippen molar-refractivity contribution in [2.45, 2.75) is 123 Å². The molecule has 1 heterocycles. The highest BCUT2D eigenvalue weighted by atomic mass is 16.7. The van der Waals surface area contributed by atoms with E-state index in [1.807, 2.05) is 63.4 Å².